The van der Waals surface area contributed by atoms with E-state index in [0.717, 1.165) is 24.2 Å². The minimum absolute atomic E-state index is 0.0778. The van der Waals surface area contributed by atoms with Crippen molar-refractivity contribution in [2.45, 2.75) is 32.2 Å². The molecule has 2 rings (SSSR count). The van der Waals surface area contributed by atoms with Gasteiger partial charge in [-0.1, -0.05) is 19.1 Å². The van der Waals surface area contributed by atoms with Gasteiger partial charge in [-0.15, -0.1) is 0 Å². The van der Waals surface area contributed by atoms with Crippen LogP contribution in [0.2, 0.25) is 0 Å². The number of carbonyl (C=O) groups is 1. The van der Waals surface area contributed by atoms with E-state index in [9.17, 15) is 13.2 Å². The normalized spacial score (nSPS) is 20.4. The van der Waals surface area contributed by atoms with Gasteiger partial charge >= 0.3 is 0 Å². The second kappa shape index (κ2) is 7.98. The summed E-state index contributed by atoms with van der Waals surface area (Å²) in [5, 5.41) is 3.06. The van der Waals surface area contributed by atoms with Gasteiger partial charge < -0.3 is 10.1 Å². The van der Waals surface area contributed by atoms with Crippen LogP contribution in [-0.4, -0.2) is 45.1 Å². The monoisotopic (exact) mass is 354 g/mol. The van der Waals surface area contributed by atoms with Crippen LogP contribution in [0.25, 0.3) is 0 Å². The average molecular weight is 354 g/mol. The molecule has 1 N–H and O–H groups in total. The Morgan fingerprint density at radius 3 is 2.58 bits per heavy atom. The van der Waals surface area contributed by atoms with Gasteiger partial charge in [-0.2, -0.15) is 0 Å². The van der Waals surface area contributed by atoms with Crippen molar-refractivity contribution in [1.82, 2.24) is 9.62 Å². The van der Waals surface area contributed by atoms with Crippen molar-refractivity contribution in [2.24, 2.45) is 5.92 Å². The molecule has 1 saturated heterocycles. The minimum atomic E-state index is -3.25. The second-order valence-corrected chi connectivity index (χ2v) is 8.19. The quantitative estimate of drug-likeness (QED) is 0.847. The fraction of sp³-hybridized carbons (Fsp3) is 0.588. The molecule has 2 atom stereocenters. The minimum Gasteiger partial charge on any atom is -0.497 e. The average Bonchev–Trinajstić information content (AvgIpc) is 2.59. The van der Waals surface area contributed by atoms with Crippen molar-refractivity contribution in [2.75, 3.05) is 26.5 Å². The third-order valence-corrected chi connectivity index (χ3v) is 5.74. The highest BCUT2D eigenvalue weighted by Crippen LogP contribution is 2.23. The number of nitrogens with one attached hydrogen (secondary N) is 1. The molecule has 1 aromatic rings. The molecule has 1 aromatic carbocycles. The lowest BCUT2D eigenvalue weighted by Crippen LogP contribution is -2.45. The van der Waals surface area contributed by atoms with Crippen LogP contribution in [0, 0.1) is 5.92 Å². The zero-order valence-corrected chi connectivity index (χ0v) is 15.3. The van der Waals surface area contributed by atoms with E-state index in [2.05, 4.69) is 5.32 Å². The maximum Gasteiger partial charge on any atom is 0.224 e. The van der Waals surface area contributed by atoms with Gasteiger partial charge in [0.25, 0.3) is 0 Å². The number of rotatable bonds is 6. The summed E-state index contributed by atoms with van der Waals surface area (Å²) in [5.41, 5.74) is 1.02. The number of piperidine rings is 1. The Balaban J connectivity index is 2.03. The highest BCUT2D eigenvalue weighted by atomic mass is 32.2. The molecule has 0 radical (unpaired) electrons. The number of methoxy groups -OCH3 is 1. The fourth-order valence-electron chi connectivity index (χ4n) is 3.00. The summed E-state index contributed by atoms with van der Waals surface area (Å²) in [5.74, 6) is 0.405. The highest BCUT2D eigenvalue weighted by Gasteiger charge is 2.31. The molecule has 1 aliphatic heterocycles. The zero-order valence-electron chi connectivity index (χ0n) is 14.5. The molecular formula is C17H26N2O4S. The maximum absolute atomic E-state index is 12.6. The van der Waals surface area contributed by atoms with Gasteiger partial charge in [-0.3, -0.25) is 4.79 Å². The third-order valence-electron chi connectivity index (χ3n) is 4.47. The predicted molar refractivity (Wildman–Crippen MR) is 93.3 cm³/mol. The van der Waals surface area contributed by atoms with Gasteiger partial charge in [0.05, 0.1) is 25.3 Å². The summed E-state index contributed by atoms with van der Waals surface area (Å²) in [6.45, 7) is 2.78. The van der Waals surface area contributed by atoms with Crippen LogP contribution in [0.1, 0.15) is 37.8 Å². The van der Waals surface area contributed by atoms with Crippen LogP contribution in [0.3, 0.4) is 0 Å². The molecule has 0 spiro atoms. The SMILES string of the molecule is CC[C@@H](NC(=O)[C@H]1CCCN(S(C)(=O)=O)C1)c1ccc(OC)cc1. The zero-order chi connectivity index (χ0) is 17.7. The van der Waals surface area contributed by atoms with Crippen molar-refractivity contribution in [1.29, 1.82) is 0 Å². The number of ether oxygens (including phenoxy) is 1. The molecular weight excluding hydrogens is 328 g/mol. The highest BCUT2D eigenvalue weighted by molar-refractivity contribution is 7.88. The van der Waals surface area contributed by atoms with Gasteiger partial charge in [0.2, 0.25) is 15.9 Å². The van der Waals surface area contributed by atoms with Crippen molar-refractivity contribution in [3.8, 4) is 5.75 Å². The maximum atomic E-state index is 12.6. The van der Waals surface area contributed by atoms with E-state index >= 15 is 0 Å². The fourth-order valence-corrected chi connectivity index (χ4v) is 3.92. The van der Waals surface area contributed by atoms with Crippen LogP contribution in [-0.2, 0) is 14.8 Å². The number of hydrogen-bond donors (Lipinski definition) is 1. The number of amides is 1. The first-order valence-electron chi connectivity index (χ1n) is 8.24. The Morgan fingerprint density at radius 2 is 2.04 bits per heavy atom. The van der Waals surface area contributed by atoms with E-state index in [-0.39, 0.29) is 24.4 Å². The van der Waals surface area contributed by atoms with Gasteiger partial charge in [0.15, 0.2) is 0 Å². The lowest BCUT2D eigenvalue weighted by Gasteiger charge is -2.31. The van der Waals surface area contributed by atoms with E-state index in [1.54, 1.807) is 7.11 Å². The lowest BCUT2D eigenvalue weighted by atomic mass is 9.97. The molecule has 1 amide bonds. The van der Waals surface area contributed by atoms with E-state index in [0.29, 0.717) is 13.0 Å². The van der Waals surface area contributed by atoms with Crippen LogP contribution >= 0.6 is 0 Å². The molecule has 0 saturated carbocycles. The Morgan fingerprint density at radius 1 is 1.38 bits per heavy atom. The topological polar surface area (TPSA) is 75.7 Å². The van der Waals surface area contributed by atoms with E-state index in [4.69, 9.17) is 4.74 Å². The Labute approximate surface area is 144 Å². The summed E-state index contributed by atoms with van der Waals surface area (Å²) < 4.78 is 29.9. The largest absolute Gasteiger partial charge is 0.497 e. The van der Waals surface area contributed by atoms with E-state index < -0.39 is 10.0 Å². The number of benzene rings is 1. The first kappa shape index (κ1) is 18.7. The van der Waals surface area contributed by atoms with Gasteiger partial charge in [0, 0.05) is 13.1 Å². The summed E-state index contributed by atoms with van der Waals surface area (Å²) in [6, 6.07) is 7.54. The second-order valence-electron chi connectivity index (χ2n) is 6.20. The number of hydrogen-bond acceptors (Lipinski definition) is 4. The lowest BCUT2D eigenvalue weighted by molar-refractivity contribution is -0.126. The van der Waals surface area contributed by atoms with Crippen LogP contribution < -0.4 is 10.1 Å². The Bertz CT molecular complexity index is 658. The number of carbonyl (C=O) groups excluding carboxylic acids is 1. The van der Waals surface area contributed by atoms with Crippen LogP contribution in [0.4, 0.5) is 0 Å². The van der Waals surface area contributed by atoms with Crippen molar-refractivity contribution < 1.29 is 17.9 Å². The van der Waals surface area contributed by atoms with Crippen LogP contribution in [0.15, 0.2) is 24.3 Å². The predicted octanol–water partition coefficient (Wildman–Crippen LogP) is 1.93. The summed E-state index contributed by atoms with van der Waals surface area (Å²) in [6.07, 6.45) is 3.39. The van der Waals surface area contributed by atoms with Gasteiger partial charge in [-0.05, 0) is 37.0 Å². The summed E-state index contributed by atoms with van der Waals surface area (Å²) in [4.78, 5) is 12.6. The summed E-state index contributed by atoms with van der Waals surface area (Å²) in [7, 11) is -1.63. The van der Waals surface area contributed by atoms with Crippen molar-refractivity contribution in [3.63, 3.8) is 0 Å². The third kappa shape index (κ3) is 4.70. The molecule has 1 aliphatic rings. The molecule has 0 unspecified atom stereocenters. The molecule has 134 valence electrons. The van der Waals surface area contributed by atoms with E-state index in [1.165, 1.54) is 10.6 Å². The molecule has 0 aromatic heterocycles. The molecule has 0 bridgehead atoms. The van der Waals surface area contributed by atoms with Gasteiger partial charge in [0.1, 0.15) is 5.75 Å². The molecule has 1 fully saturated rings. The molecule has 24 heavy (non-hydrogen) atoms. The van der Waals surface area contributed by atoms with Crippen molar-refractivity contribution in [3.05, 3.63) is 29.8 Å². The van der Waals surface area contributed by atoms with Gasteiger partial charge in [-0.25, -0.2) is 12.7 Å². The van der Waals surface area contributed by atoms with Crippen LogP contribution in [0.5, 0.6) is 5.75 Å². The number of sulfonamides is 1. The van der Waals surface area contributed by atoms with E-state index in [1.807, 2.05) is 31.2 Å². The molecule has 7 heteroatoms. The standard InChI is InChI=1S/C17H26N2O4S/c1-4-16(13-7-9-15(23-2)10-8-13)18-17(20)14-6-5-11-19(12-14)24(3,21)22/h7-10,14,16H,4-6,11-12H2,1-3H3,(H,18,20)/t14-,16+/m0/s1. The first-order chi connectivity index (χ1) is 11.3. The Hall–Kier alpha value is -1.60. The Kier molecular flexibility index (Phi) is 6.23. The van der Waals surface area contributed by atoms with Crippen molar-refractivity contribution >= 4 is 15.9 Å². The molecule has 6 nitrogen and oxygen atoms in total. The molecule has 1 heterocycles. The summed E-state index contributed by atoms with van der Waals surface area (Å²) >= 11 is 0. The smallest absolute Gasteiger partial charge is 0.224 e. The number of nitrogens with zero attached hydrogens (tertiary/aromatic N) is 1. The first-order valence-corrected chi connectivity index (χ1v) is 10.1. The molecule has 0 aliphatic carbocycles.